The smallest absolute Gasteiger partial charge is 0.268 e. The first-order chi connectivity index (χ1) is 17.3. The molecule has 1 unspecified atom stereocenters. The number of aliphatic hydroxyl groups is 1. The summed E-state index contributed by atoms with van der Waals surface area (Å²) in [5.74, 6) is 0.144. The lowest BCUT2D eigenvalue weighted by Gasteiger charge is -2.24. The highest BCUT2D eigenvalue weighted by molar-refractivity contribution is 7.45. The van der Waals surface area contributed by atoms with Gasteiger partial charge in [0, 0.05) is 31.0 Å². The quantitative estimate of drug-likeness (QED) is 0.214. The van der Waals surface area contributed by atoms with Crippen LogP contribution in [-0.4, -0.2) is 35.2 Å². The maximum Gasteiger partial charge on any atom is 0.268 e. The molecular weight excluding hydrogens is 477 g/mol. The van der Waals surface area contributed by atoms with Gasteiger partial charge in [-0.1, -0.05) is 61.4 Å². The van der Waals surface area contributed by atoms with Crippen molar-refractivity contribution < 1.29 is 28.4 Å². The van der Waals surface area contributed by atoms with Crippen molar-refractivity contribution >= 4 is 24.5 Å². The van der Waals surface area contributed by atoms with E-state index in [4.69, 9.17) is 9.05 Å². The van der Waals surface area contributed by atoms with Crippen LogP contribution in [0.25, 0.3) is 22.0 Å². The number of phosphoric acid groups is 1. The number of benzene rings is 2. The summed E-state index contributed by atoms with van der Waals surface area (Å²) in [7, 11) is -4.24. The van der Waals surface area contributed by atoms with Crippen molar-refractivity contribution in [1.82, 2.24) is 4.98 Å². The van der Waals surface area contributed by atoms with Crippen LogP contribution in [0.1, 0.15) is 57.1 Å². The zero-order valence-electron chi connectivity index (χ0n) is 21.0. The number of hydrogen-bond acceptors (Lipinski definition) is 7. The molecule has 194 valence electrons. The number of pyridine rings is 1. The topological polar surface area (TPSA) is 109 Å². The van der Waals surface area contributed by atoms with Crippen LogP contribution in [0, 0.1) is 0 Å². The highest BCUT2D eigenvalue weighted by Crippen LogP contribution is 2.39. The van der Waals surface area contributed by atoms with E-state index >= 15 is 0 Å². The molecule has 0 radical (unpaired) electrons. The molecule has 1 aromatic heterocycles. The van der Waals surface area contributed by atoms with Gasteiger partial charge in [-0.05, 0) is 55.4 Å². The highest BCUT2D eigenvalue weighted by atomic mass is 31.2. The fourth-order valence-corrected chi connectivity index (χ4v) is 5.20. The number of hydrogen-bond donors (Lipinski definition) is 1. The van der Waals surface area contributed by atoms with Gasteiger partial charge in [0.25, 0.3) is 7.82 Å². The van der Waals surface area contributed by atoms with E-state index < -0.39 is 13.9 Å². The lowest BCUT2D eigenvalue weighted by atomic mass is 9.91. The zero-order chi connectivity index (χ0) is 26.0. The minimum absolute atomic E-state index is 0.0513. The number of fused-ring (bicyclic) bond motifs is 1. The van der Waals surface area contributed by atoms with E-state index in [1.54, 1.807) is 20.0 Å². The fraction of sp³-hybridized carbons (Fsp3) is 0.429. The average Bonchev–Trinajstić information content (AvgIpc) is 2.83. The van der Waals surface area contributed by atoms with E-state index in [2.05, 4.69) is 4.98 Å². The summed E-state index contributed by atoms with van der Waals surface area (Å²) in [4.78, 5) is 29.1. The number of nitrogens with zero attached hydrogens (tertiary/aromatic N) is 1. The molecule has 0 amide bonds. The summed E-state index contributed by atoms with van der Waals surface area (Å²) in [6.07, 6.45) is 5.54. The third kappa shape index (κ3) is 8.32. The lowest BCUT2D eigenvalue weighted by Crippen LogP contribution is -2.13. The minimum Gasteiger partial charge on any atom is -0.756 e. The molecule has 3 aromatic rings. The molecule has 0 aliphatic rings. The molecule has 0 fully saturated rings. The maximum absolute atomic E-state index is 12.8. The number of carbonyl (C=O) groups excluding carboxylic acids is 1. The van der Waals surface area contributed by atoms with E-state index in [1.807, 2.05) is 48.5 Å². The first kappa shape index (κ1) is 28.2. The van der Waals surface area contributed by atoms with Crippen molar-refractivity contribution in [2.45, 2.75) is 64.9 Å². The van der Waals surface area contributed by atoms with Gasteiger partial charge >= 0.3 is 0 Å². The van der Waals surface area contributed by atoms with Crippen LogP contribution in [0.2, 0.25) is 0 Å². The number of Topliss-reactive ketones (excluding diaryl/α,β-unsaturated/α-hetero) is 1. The summed E-state index contributed by atoms with van der Waals surface area (Å²) in [6, 6.07) is 16.0. The number of aliphatic hydroxyl groups excluding tert-OH is 1. The summed E-state index contributed by atoms with van der Waals surface area (Å²) >= 11 is 0. The molecule has 3 rings (SSSR count). The van der Waals surface area contributed by atoms with Crippen LogP contribution in [0.3, 0.4) is 0 Å². The molecule has 8 heteroatoms. The summed E-state index contributed by atoms with van der Waals surface area (Å²) in [6.45, 7) is 3.41. The SMILES string of the molecule is CC(C)OP(=O)([O-])OCCCCCCC(=O)Cc1cnc2c(CCO)cccc2c1-c1ccccc1. The Bertz CT molecular complexity index is 1180. The molecule has 0 saturated carbocycles. The molecule has 2 aromatic carbocycles. The van der Waals surface area contributed by atoms with Crippen LogP contribution < -0.4 is 4.89 Å². The predicted octanol–water partition coefficient (Wildman–Crippen LogP) is 5.41. The normalized spacial score (nSPS) is 13.2. The number of ketones is 1. The number of unbranched alkanes of at least 4 members (excludes halogenated alkanes) is 3. The Morgan fingerprint density at radius 1 is 1.03 bits per heavy atom. The molecule has 0 bridgehead atoms. The molecule has 36 heavy (non-hydrogen) atoms. The standard InChI is InChI=1S/C28H36NO6P/c1-21(2)35-36(32,33)34-18-9-4-3-8-14-25(31)19-24-20-29-28-23(16-17-30)13-10-15-26(28)27(24)22-11-6-5-7-12-22/h5-7,10-13,15,20-21,30H,3-4,8-9,14,16-19H2,1-2H3,(H,32,33)/p-1. The molecule has 1 atom stereocenters. The number of para-hydroxylation sites is 1. The monoisotopic (exact) mass is 512 g/mol. The van der Waals surface area contributed by atoms with E-state index in [1.165, 1.54) is 0 Å². The summed E-state index contributed by atoms with van der Waals surface area (Å²) < 4.78 is 21.2. The second-order valence-electron chi connectivity index (χ2n) is 9.13. The average molecular weight is 513 g/mol. The van der Waals surface area contributed by atoms with Gasteiger partial charge in [-0.2, -0.15) is 0 Å². The van der Waals surface area contributed by atoms with E-state index in [0.29, 0.717) is 25.7 Å². The fourth-order valence-electron chi connectivity index (χ4n) is 4.27. The van der Waals surface area contributed by atoms with Gasteiger partial charge in [-0.15, -0.1) is 0 Å². The molecule has 1 heterocycles. The van der Waals surface area contributed by atoms with Gasteiger partial charge < -0.3 is 19.0 Å². The van der Waals surface area contributed by atoms with Gasteiger partial charge in [-0.25, -0.2) is 0 Å². The zero-order valence-corrected chi connectivity index (χ0v) is 21.9. The van der Waals surface area contributed by atoms with Gasteiger partial charge in [-0.3, -0.25) is 14.3 Å². The Kier molecular flexibility index (Phi) is 10.8. The third-order valence-corrected chi connectivity index (χ3v) is 7.01. The van der Waals surface area contributed by atoms with E-state index in [9.17, 15) is 19.4 Å². The molecule has 0 spiro atoms. The van der Waals surface area contributed by atoms with Gasteiger partial charge in [0.1, 0.15) is 5.78 Å². The van der Waals surface area contributed by atoms with Crippen molar-refractivity contribution in [2.75, 3.05) is 13.2 Å². The molecule has 1 N–H and O–H groups in total. The van der Waals surface area contributed by atoms with Crippen LogP contribution in [0.15, 0.2) is 54.7 Å². The van der Waals surface area contributed by atoms with Crippen molar-refractivity contribution in [3.63, 3.8) is 0 Å². The highest BCUT2D eigenvalue weighted by Gasteiger charge is 2.16. The van der Waals surface area contributed by atoms with Crippen LogP contribution in [0.5, 0.6) is 0 Å². The van der Waals surface area contributed by atoms with Crippen molar-refractivity contribution in [3.05, 3.63) is 65.9 Å². The third-order valence-electron chi connectivity index (χ3n) is 5.83. The second kappa shape index (κ2) is 13.8. The first-order valence-electron chi connectivity index (χ1n) is 12.5. The Morgan fingerprint density at radius 2 is 1.78 bits per heavy atom. The number of rotatable bonds is 15. The molecule has 0 aliphatic carbocycles. The largest absolute Gasteiger partial charge is 0.756 e. The Labute approximate surface area is 213 Å². The number of carbonyl (C=O) groups is 1. The molecule has 7 nitrogen and oxygen atoms in total. The predicted molar refractivity (Wildman–Crippen MR) is 140 cm³/mol. The Hall–Kier alpha value is -2.41. The van der Waals surface area contributed by atoms with Gasteiger partial charge in [0.2, 0.25) is 0 Å². The number of phosphoric ester groups is 1. The first-order valence-corrected chi connectivity index (χ1v) is 14.0. The van der Waals surface area contributed by atoms with E-state index in [-0.39, 0.29) is 19.0 Å². The van der Waals surface area contributed by atoms with Crippen LogP contribution in [-0.2, 0) is 31.2 Å². The second-order valence-corrected chi connectivity index (χ2v) is 10.5. The molecular formula is C28H35NO6P-. The van der Waals surface area contributed by atoms with Crippen molar-refractivity contribution in [3.8, 4) is 11.1 Å². The van der Waals surface area contributed by atoms with E-state index in [0.717, 1.165) is 52.4 Å². The molecule has 0 aliphatic heterocycles. The van der Waals surface area contributed by atoms with Crippen LogP contribution in [0.4, 0.5) is 0 Å². The van der Waals surface area contributed by atoms with Crippen molar-refractivity contribution in [1.29, 1.82) is 0 Å². The maximum atomic E-state index is 12.8. The van der Waals surface area contributed by atoms with Crippen LogP contribution >= 0.6 is 7.82 Å². The molecule has 0 saturated heterocycles. The van der Waals surface area contributed by atoms with Gasteiger partial charge in [0.15, 0.2) is 0 Å². The summed E-state index contributed by atoms with van der Waals surface area (Å²) in [5, 5.41) is 10.4. The Morgan fingerprint density at radius 3 is 2.50 bits per heavy atom. The number of aromatic nitrogens is 1. The Balaban J connectivity index is 1.60. The lowest BCUT2D eigenvalue weighted by molar-refractivity contribution is -0.228. The summed E-state index contributed by atoms with van der Waals surface area (Å²) in [5.41, 5.74) is 4.77. The van der Waals surface area contributed by atoms with Crippen molar-refractivity contribution in [2.24, 2.45) is 0 Å². The van der Waals surface area contributed by atoms with Gasteiger partial charge in [0.05, 0.1) is 18.2 Å². The minimum atomic E-state index is -4.24.